The van der Waals surface area contributed by atoms with E-state index in [2.05, 4.69) is 11.8 Å². The molecule has 0 radical (unpaired) electrons. The highest BCUT2D eigenvalue weighted by Crippen LogP contribution is 2.34. The van der Waals surface area contributed by atoms with Gasteiger partial charge in [0.1, 0.15) is 0 Å². The van der Waals surface area contributed by atoms with E-state index in [1.807, 2.05) is 13.8 Å². The second kappa shape index (κ2) is 10.4. The van der Waals surface area contributed by atoms with Gasteiger partial charge in [0.05, 0.1) is 17.7 Å². The molecule has 1 aliphatic rings. The molecule has 3 atom stereocenters. The van der Waals surface area contributed by atoms with E-state index in [1.54, 1.807) is 12.1 Å². The number of nitrogens with zero attached hydrogens (tertiary/aromatic N) is 1. The number of rotatable bonds is 8. The van der Waals surface area contributed by atoms with Crippen LogP contribution in [0.3, 0.4) is 0 Å². The minimum absolute atomic E-state index is 0.0729. The Morgan fingerprint density at radius 2 is 2.00 bits per heavy atom. The molecule has 162 valence electrons. The van der Waals surface area contributed by atoms with Gasteiger partial charge in [-0.3, -0.25) is 4.79 Å². The Morgan fingerprint density at radius 3 is 2.60 bits per heavy atom. The zero-order chi connectivity index (χ0) is 22.3. The van der Waals surface area contributed by atoms with Crippen molar-refractivity contribution in [1.82, 2.24) is 4.90 Å². The molecule has 5 nitrogen and oxygen atoms in total. The molecule has 1 saturated heterocycles. The number of carbonyl (C=O) groups excluding carboxylic acids is 1. The highest BCUT2D eigenvalue weighted by molar-refractivity contribution is 5.87. The van der Waals surface area contributed by atoms with Gasteiger partial charge in [-0.2, -0.15) is 8.78 Å². The first kappa shape index (κ1) is 23.6. The van der Waals surface area contributed by atoms with Gasteiger partial charge in [-0.05, 0) is 30.0 Å². The summed E-state index contributed by atoms with van der Waals surface area (Å²) in [5.41, 5.74) is 0.879. The molecule has 1 amide bonds. The molecule has 0 saturated carbocycles. The van der Waals surface area contributed by atoms with Gasteiger partial charge in [0.2, 0.25) is 0 Å². The van der Waals surface area contributed by atoms with E-state index in [4.69, 9.17) is 5.11 Å². The van der Waals surface area contributed by atoms with Crippen LogP contribution in [0.25, 0.3) is 0 Å². The number of halogens is 2. The number of hydrogen-bond acceptors (Lipinski definition) is 3. The Balaban J connectivity index is 2.04. The number of carboxylic acids is 1. The zero-order valence-electron chi connectivity index (χ0n) is 17.1. The number of hydrogen-bond donors (Lipinski definition) is 2. The van der Waals surface area contributed by atoms with E-state index >= 15 is 0 Å². The second-order valence-electron chi connectivity index (χ2n) is 7.49. The van der Waals surface area contributed by atoms with Crippen molar-refractivity contribution in [3.05, 3.63) is 47.5 Å². The summed E-state index contributed by atoms with van der Waals surface area (Å²) in [4.78, 5) is 24.2. The molecule has 1 aromatic rings. The van der Waals surface area contributed by atoms with Crippen molar-refractivity contribution >= 4 is 11.9 Å². The van der Waals surface area contributed by atoms with Crippen molar-refractivity contribution in [2.45, 2.75) is 57.6 Å². The van der Waals surface area contributed by atoms with E-state index in [-0.39, 0.29) is 18.0 Å². The lowest BCUT2D eigenvalue weighted by atomic mass is 9.99. The van der Waals surface area contributed by atoms with Gasteiger partial charge in [-0.25, -0.2) is 4.79 Å². The molecule has 2 N–H and O–H groups in total. The monoisotopic (exact) mass is 419 g/mol. The molecular weight excluding hydrogens is 392 g/mol. The fraction of sp³-hybridized carbons (Fsp3) is 0.478. The molecule has 0 spiro atoms. The van der Waals surface area contributed by atoms with Crippen LogP contribution in [-0.4, -0.2) is 51.6 Å². The number of likely N-dealkylation sites (tertiary alicyclic amines) is 1. The molecule has 0 bridgehead atoms. The van der Waals surface area contributed by atoms with Crippen LogP contribution >= 0.6 is 0 Å². The third kappa shape index (κ3) is 6.14. The van der Waals surface area contributed by atoms with Crippen molar-refractivity contribution < 1.29 is 28.6 Å². The first-order valence-corrected chi connectivity index (χ1v) is 9.99. The molecule has 1 aromatic carbocycles. The second-order valence-corrected chi connectivity index (χ2v) is 7.49. The van der Waals surface area contributed by atoms with Crippen molar-refractivity contribution in [3.63, 3.8) is 0 Å². The molecule has 0 aromatic heterocycles. The number of aliphatic hydroxyl groups excluding tert-OH is 1. The summed E-state index contributed by atoms with van der Waals surface area (Å²) < 4.78 is 28.0. The van der Waals surface area contributed by atoms with Crippen molar-refractivity contribution in [2.24, 2.45) is 5.92 Å². The summed E-state index contributed by atoms with van der Waals surface area (Å²) in [5, 5.41) is 19.2. The van der Waals surface area contributed by atoms with Crippen molar-refractivity contribution in [1.29, 1.82) is 0 Å². The fourth-order valence-electron chi connectivity index (χ4n) is 3.23. The third-order valence-electron chi connectivity index (χ3n) is 5.12. The number of aromatic carboxylic acids is 1. The molecule has 2 rings (SSSR count). The summed E-state index contributed by atoms with van der Waals surface area (Å²) in [6.45, 7) is 3.83. The van der Waals surface area contributed by atoms with Gasteiger partial charge in [0.25, 0.3) is 5.91 Å². The lowest BCUT2D eigenvalue weighted by Crippen LogP contribution is -2.37. The molecule has 7 heteroatoms. The summed E-state index contributed by atoms with van der Waals surface area (Å²) >= 11 is 0. The number of amides is 1. The van der Waals surface area contributed by atoms with Crippen LogP contribution in [0.4, 0.5) is 8.78 Å². The zero-order valence-corrected chi connectivity index (χ0v) is 17.1. The summed E-state index contributed by atoms with van der Waals surface area (Å²) in [6.07, 6.45) is 3.01. The summed E-state index contributed by atoms with van der Waals surface area (Å²) in [5.74, 6) is 0.0181. The maximum Gasteiger partial charge on any atom is 0.335 e. The normalized spacial score (nSPS) is 20.1. The molecule has 1 aliphatic heterocycles. The predicted octanol–water partition coefficient (Wildman–Crippen LogP) is 3.52. The Morgan fingerprint density at radius 1 is 1.33 bits per heavy atom. The van der Waals surface area contributed by atoms with Crippen LogP contribution in [0.1, 0.15) is 49.0 Å². The maximum absolute atomic E-state index is 14.0. The van der Waals surface area contributed by atoms with Crippen LogP contribution in [0, 0.1) is 17.8 Å². The van der Waals surface area contributed by atoms with E-state index in [1.165, 1.54) is 24.3 Å². The highest BCUT2D eigenvalue weighted by Gasteiger charge is 2.52. The van der Waals surface area contributed by atoms with Crippen molar-refractivity contribution in [3.8, 4) is 11.8 Å². The van der Waals surface area contributed by atoms with Crippen LogP contribution in [0.15, 0.2) is 36.4 Å². The molecule has 1 fully saturated rings. The lowest BCUT2D eigenvalue weighted by Gasteiger charge is -2.22. The first-order chi connectivity index (χ1) is 14.2. The standard InChI is InChI=1S/C23H27F2NO4/c1-3-4-5-6-16(2)20(27)12-11-19-15-23(24,25)22(30)26(19)14-13-17-7-9-18(10-8-17)21(28)29/h7-12,16,19-20,27H,3,6,13-15H2,1-2H3,(H,28,29)/b12-11+/t16-,19?,20+/m0/s1. The van der Waals surface area contributed by atoms with E-state index in [0.717, 1.165) is 16.9 Å². The average molecular weight is 419 g/mol. The predicted molar refractivity (Wildman–Crippen MR) is 109 cm³/mol. The van der Waals surface area contributed by atoms with Gasteiger partial charge < -0.3 is 15.1 Å². The molecule has 0 aliphatic carbocycles. The smallest absolute Gasteiger partial charge is 0.335 e. The van der Waals surface area contributed by atoms with E-state index in [9.17, 15) is 23.5 Å². The molecule has 1 heterocycles. The fourth-order valence-corrected chi connectivity index (χ4v) is 3.23. The van der Waals surface area contributed by atoms with Gasteiger partial charge in [0, 0.05) is 25.8 Å². The SMILES string of the molecule is CCC#CC[C@H](C)[C@H](O)/C=C/C1CC(F)(F)C(=O)N1CCc1ccc(C(=O)O)cc1. The number of carbonyl (C=O) groups is 2. The van der Waals surface area contributed by atoms with Gasteiger partial charge in [-0.1, -0.05) is 38.1 Å². The minimum Gasteiger partial charge on any atom is -0.478 e. The van der Waals surface area contributed by atoms with Gasteiger partial charge in [-0.15, -0.1) is 11.8 Å². The number of aliphatic hydroxyl groups is 1. The minimum atomic E-state index is -3.44. The summed E-state index contributed by atoms with van der Waals surface area (Å²) in [7, 11) is 0. The third-order valence-corrected chi connectivity index (χ3v) is 5.12. The quantitative estimate of drug-likeness (QED) is 0.499. The van der Waals surface area contributed by atoms with Crippen molar-refractivity contribution in [2.75, 3.05) is 6.54 Å². The Labute approximate surface area is 175 Å². The first-order valence-electron chi connectivity index (χ1n) is 9.99. The van der Waals surface area contributed by atoms with Gasteiger partial charge >= 0.3 is 11.9 Å². The van der Waals surface area contributed by atoms with Crippen LogP contribution in [-0.2, 0) is 11.2 Å². The lowest BCUT2D eigenvalue weighted by molar-refractivity contribution is -0.148. The van der Waals surface area contributed by atoms with E-state index in [0.29, 0.717) is 12.8 Å². The van der Waals surface area contributed by atoms with Crippen LogP contribution in [0.5, 0.6) is 0 Å². The molecule has 30 heavy (non-hydrogen) atoms. The number of benzene rings is 1. The Kier molecular flexibility index (Phi) is 8.13. The van der Waals surface area contributed by atoms with E-state index < -0.39 is 36.4 Å². The Bertz CT molecular complexity index is 839. The molecular formula is C23H27F2NO4. The maximum atomic E-state index is 14.0. The van der Waals surface area contributed by atoms with Crippen LogP contribution < -0.4 is 0 Å². The summed E-state index contributed by atoms with van der Waals surface area (Å²) in [6, 6.07) is 5.28. The van der Waals surface area contributed by atoms with Gasteiger partial charge in [0.15, 0.2) is 0 Å². The number of alkyl halides is 2. The Hall–Kier alpha value is -2.72. The highest BCUT2D eigenvalue weighted by atomic mass is 19.3. The topological polar surface area (TPSA) is 77.8 Å². The van der Waals surface area contributed by atoms with Crippen LogP contribution in [0.2, 0.25) is 0 Å². The number of carboxylic acid groups (broad SMARTS) is 1. The largest absolute Gasteiger partial charge is 0.478 e. The average Bonchev–Trinajstić information content (AvgIpc) is 2.93. The molecule has 1 unspecified atom stereocenters.